The minimum Gasteiger partial charge on any atom is -0.451 e. The number of nitrogen functional groups attached to an aromatic ring is 1. The van der Waals surface area contributed by atoms with Crippen LogP contribution in [0.25, 0.3) is 11.0 Å². The van der Waals surface area contributed by atoms with Crippen LogP contribution in [-0.2, 0) is 4.79 Å². The molecule has 1 aromatic heterocycles. The van der Waals surface area contributed by atoms with Crippen molar-refractivity contribution in [1.29, 1.82) is 0 Å². The van der Waals surface area contributed by atoms with E-state index in [2.05, 4.69) is 10.6 Å². The Morgan fingerprint density at radius 1 is 1.30 bits per heavy atom. The van der Waals surface area contributed by atoms with Crippen LogP contribution in [0.2, 0.25) is 0 Å². The van der Waals surface area contributed by atoms with E-state index in [1.165, 1.54) is 0 Å². The maximum absolute atomic E-state index is 11.9. The first-order chi connectivity index (χ1) is 9.61. The molecule has 6 heteroatoms. The molecule has 0 saturated heterocycles. The van der Waals surface area contributed by atoms with Crippen molar-refractivity contribution in [3.8, 4) is 0 Å². The average Bonchev–Trinajstić information content (AvgIpc) is 3.12. The highest BCUT2D eigenvalue weighted by molar-refractivity contribution is 5.98. The SMILES string of the molecule is Nc1ccc2oc(C(=O)NCC(=O)NC3CC3)cc2c1. The van der Waals surface area contributed by atoms with E-state index in [9.17, 15) is 9.59 Å². The second-order valence-corrected chi connectivity index (χ2v) is 4.93. The van der Waals surface area contributed by atoms with Crippen molar-refractivity contribution in [2.75, 3.05) is 12.3 Å². The quantitative estimate of drug-likeness (QED) is 0.724. The monoisotopic (exact) mass is 273 g/mol. The summed E-state index contributed by atoms with van der Waals surface area (Å²) in [6.45, 7) is -0.0471. The molecular weight excluding hydrogens is 258 g/mol. The summed E-state index contributed by atoms with van der Waals surface area (Å²) in [5, 5.41) is 6.09. The molecule has 6 nitrogen and oxygen atoms in total. The van der Waals surface area contributed by atoms with Gasteiger partial charge < -0.3 is 20.8 Å². The number of nitrogens with two attached hydrogens (primary N) is 1. The van der Waals surface area contributed by atoms with Gasteiger partial charge in [-0.15, -0.1) is 0 Å². The molecule has 2 amide bonds. The highest BCUT2D eigenvalue weighted by atomic mass is 16.3. The topological polar surface area (TPSA) is 97.4 Å². The Hall–Kier alpha value is -2.50. The Kier molecular flexibility index (Phi) is 3.06. The summed E-state index contributed by atoms with van der Waals surface area (Å²) in [5.74, 6) is -0.420. The molecule has 2 aromatic rings. The van der Waals surface area contributed by atoms with Gasteiger partial charge in [0.2, 0.25) is 5.91 Å². The average molecular weight is 273 g/mol. The van der Waals surface area contributed by atoms with Gasteiger partial charge >= 0.3 is 0 Å². The lowest BCUT2D eigenvalue weighted by atomic mass is 10.2. The van der Waals surface area contributed by atoms with Gasteiger partial charge in [-0.3, -0.25) is 9.59 Å². The van der Waals surface area contributed by atoms with Crippen molar-refractivity contribution >= 4 is 28.5 Å². The number of furan rings is 1. The molecule has 1 aliphatic carbocycles. The van der Waals surface area contributed by atoms with Crippen LogP contribution in [-0.4, -0.2) is 24.4 Å². The molecule has 1 heterocycles. The van der Waals surface area contributed by atoms with E-state index in [1.807, 2.05) is 0 Å². The van der Waals surface area contributed by atoms with E-state index >= 15 is 0 Å². The van der Waals surface area contributed by atoms with Gasteiger partial charge in [0, 0.05) is 17.1 Å². The van der Waals surface area contributed by atoms with Crippen LogP contribution < -0.4 is 16.4 Å². The number of anilines is 1. The third-order valence-electron chi connectivity index (χ3n) is 3.12. The number of hydrogen-bond acceptors (Lipinski definition) is 4. The van der Waals surface area contributed by atoms with Gasteiger partial charge in [0.25, 0.3) is 5.91 Å². The number of fused-ring (bicyclic) bond motifs is 1. The molecule has 4 N–H and O–H groups in total. The van der Waals surface area contributed by atoms with Crippen molar-refractivity contribution < 1.29 is 14.0 Å². The molecule has 1 saturated carbocycles. The van der Waals surface area contributed by atoms with E-state index in [1.54, 1.807) is 24.3 Å². The van der Waals surface area contributed by atoms with E-state index in [0.717, 1.165) is 18.2 Å². The minimum absolute atomic E-state index is 0.0471. The Bertz CT molecular complexity index is 673. The standard InChI is InChI=1S/C14H15N3O3/c15-9-1-4-11-8(5-9)6-12(20-11)14(19)16-7-13(18)17-10-2-3-10/h1,4-6,10H,2-3,7,15H2,(H,16,19)(H,17,18). The summed E-state index contributed by atoms with van der Waals surface area (Å²) >= 11 is 0. The first-order valence-electron chi connectivity index (χ1n) is 6.48. The van der Waals surface area contributed by atoms with Crippen LogP contribution in [0.1, 0.15) is 23.4 Å². The molecule has 1 fully saturated rings. The summed E-state index contributed by atoms with van der Waals surface area (Å²) in [5.41, 5.74) is 6.86. The van der Waals surface area contributed by atoms with Crippen LogP contribution in [0.4, 0.5) is 5.69 Å². The number of carbonyl (C=O) groups excluding carboxylic acids is 2. The van der Waals surface area contributed by atoms with Gasteiger partial charge in [-0.2, -0.15) is 0 Å². The number of carbonyl (C=O) groups is 2. The van der Waals surface area contributed by atoms with Crippen molar-refractivity contribution in [2.45, 2.75) is 18.9 Å². The number of amides is 2. The predicted molar refractivity (Wildman–Crippen MR) is 74.1 cm³/mol. The normalized spacial score (nSPS) is 14.2. The summed E-state index contributed by atoms with van der Waals surface area (Å²) in [4.78, 5) is 23.4. The molecule has 0 atom stereocenters. The first-order valence-corrected chi connectivity index (χ1v) is 6.48. The zero-order valence-electron chi connectivity index (χ0n) is 10.8. The molecule has 3 rings (SSSR count). The summed E-state index contributed by atoms with van der Waals surface area (Å²) in [6.07, 6.45) is 2.04. The van der Waals surface area contributed by atoms with Gasteiger partial charge in [0.1, 0.15) is 5.58 Å². The lowest BCUT2D eigenvalue weighted by molar-refractivity contribution is -0.120. The lowest BCUT2D eigenvalue weighted by Gasteiger charge is -2.03. The molecule has 1 aliphatic rings. The zero-order chi connectivity index (χ0) is 14.1. The Labute approximate surface area is 115 Å². The fraction of sp³-hybridized carbons (Fsp3) is 0.286. The van der Waals surface area contributed by atoms with Gasteiger partial charge in [-0.1, -0.05) is 0 Å². The highest BCUT2D eigenvalue weighted by Crippen LogP contribution is 2.21. The fourth-order valence-electron chi connectivity index (χ4n) is 1.93. The molecule has 0 unspecified atom stereocenters. The predicted octanol–water partition coefficient (Wildman–Crippen LogP) is 1.02. The van der Waals surface area contributed by atoms with Crippen LogP contribution >= 0.6 is 0 Å². The van der Waals surface area contributed by atoms with Crippen molar-refractivity contribution in [1.82, 2.24) is 10.6 Å². The van der Waals surface area contributed by atoms with Crippen LogP contribution in [0.3, 0.4) is 0 Å². The zero-order valence-corrected chi connectivity index (χ0v) is 10.8. The molecule has 0 bridgehead atoms. The molecular formula is C14H15N3O3. The third-order valence-corrected chi connectivity index (χ3v) is 3.12. The van der Waals surface area contributed by atoms with E-state index in [0.29, 0.717) is 11.3 Å². The van der Waals surface area contributed by atoms with Crippen molar-refractivity contribution in [3.63, 3.8) is 0 Å². The minimum atomic E-state index is -0.411. The Morgan fingerprint density at radius 3 is 2.85 bits per heavy atom. The van der Waals surface area contributed by atoms with Crippen molar-refractivity contribution in [2.24, 2.45) is 0 Å². The molecule has 20 heavy (non-hydrogen) atoms. The van der Waals surface area contributed by atoms with Gasteiger partial charge in [-0.25, -0.2) is 0 Å². The molecule has 0 aliphatic heterocycles. The molecule has 104 valence electrons. The summed E-state index contributed by atoms with van der Waals surface area (Å²) in [7, 11) is 0. The van der Waals surface area contributed by atoms with Gasteiger partial charge in [0.05, 0.1) is 6.54 Å². The fourth-order valence-corrected chi connectivity index (χ4v) is 1.93. The number of rotatable bonds is 4. The highest BCUT2D eigenvalue weighted by Gasteiger charge is 2.23. The molecule has 1 aromatic carbocycles. The number of nitrogens with one attached hydrogen (secondary N) is 2. The van der Waals surface area contributed by atoms with Crippen LogP contribution in [0.15, 0.2) is 28.7 Å². The first kappa shape index (κ1) is 12.5. The van der Waals surface area contributed by atoms with Gasteiger partial charge in [0.15, 0.2) is 5.76 Å². The summed E-state index contributed by atoms with van der Waals surface area (Å²) < 4.78 is 5.41. The lowest BCUT2D eigenvalue weighted by Crippen LogP contribution is -2.37. The van der Waals surface area contributed by atoms with E-state index in [-0.39, 0.29) is 24.3 Å². The summed E-state index contributed by atoms with van der Waals surface area (Å²) in [6, 6.07) is 7.04. The maximum Gasteiger partial charge on any atom is 0.287 e. The van der Waals surface area contributed by atoms with Crippen LogP contribution in [0.5, 0.6) is 0 Å². The smallest absolute Gasteiger partial charge is 0.287 e. The maximum atomic E-state index is 11.9. The second-order valence-electron chi connectivity index (χ2n) is 4.93. The van der Waals surface area contributed by atoms with Crippen molar-refractivity contribution in [3.05, 3.63) is 30.0 Å². The van der Waals surface area contributed by atoms with Gasteiger partial charge in [-0.05, 0) is 37.1 Å². The third kappa shape index (κ3) is 2.74. The Balaban J connectivity index is 1.64. The number of benzene rings is 1. The van der Waals surface area contributed by atoms with E-state index in [4.69, 9.17) is 10.2 Å². The van der Waals surface area contributed by atoms with Crippen LogP contribution in [0, 0.1) is 0 Å². The van der Waals surface area contributed by atoms with E-state index < -0.39 is 5.91 Å². The Morgan fingerprint density at radius 2 is 2.10 bits per heavy atom. The second kappa shape index (κ2) is 4.88. The largest absolute Gasteiger partial charge is 0.451 e. The number of hydrogen-bond donors (Lipinski definition) is 3. The molecule has 0 spiro atoms. The molecule has 0 radical (unpaired) electrons.